The minimum absolute atomic E-state index is 0. The van der Waals surface area contributed by atoms with Crippen molar-refractivity contribution < 1.29 is 32.7 Å². The van der Waals surface area contributed by atoms with Gasteiger partial charge in [-0.1, -0.05) is 35.9 Å². The molecular weight excluding hydrogens is 209 g/mol. The third-order valence-corrected chi connectivity index (χ3v) is 0.940. The van der Waals surface area contributed by atoms with Crippen LogP contribution in [0.2, 0.25) is 0 Å². The minimum atomic E-state index is 0. The summed E-state index contributed by atoms with van der Waals surface area (Å²) in [4.78, 5) is 0. The van der Waals surface area contributed by atoms with Gasteiger partial charge >= 0.3 is 0 Å². The van der Waals surface area contributed by atoms with E-state index >= 15 is 0 Å². The summed E-state index contributed by atoms with van der Waals surface area (Å²) in [6.07, 6.45) is 5.96. The van der Waals surface area contributed by atoms with Crippen LogP contribution in [0.15, 0.2) is 30.3 Å². The van der Waals surface area contributed by atoms with Crippen molar-refractivity contribution in [3.63, 3.8) is 0 Å². The van der Waals surface area contributed by atoms with Crippen molar-refractivity contribution in [2.75, 3.05) is 0 Å². The third kappa shape index (κ3) is 9.88. The third-order valence-electron chi connectivity index (χ3n) is 0.940. The van der Waals surface area contributed by atoms with E-state index in [4.69, 9.17) is 6.42 Å². The SMILES string of the molecule is Cc1ccccc1.[C-]#CC.[Y]. The van der Waals surface area contributed by atoms with E-state index in [2.05, 4.69) is 19.1 Å². The molecule has 0 unspecified atom stereocenters. The summed E-state index contributed by atoms with van der Waals surface area (Å²) < 4.78 is 0. The van der Waals surface area contributed by atoms with Crippen molar-refractivity contribution in [2.24, 2.45) is 0 Å². The van der Waals surface area contributed by atoms with Crippen LogP contribution in [0, 0.1) is 19.3 Å². The normalized spacial score (nSPS) is 6.27. The molecule has 0 spiro atoms. The van der Waals surface area contributed by atoms with E-state index in [1.54, 1.807) is 6.92 Å². The Labute approximate surface area is 94.3 Å². The Hall–Kier alpha value is -0.116. The van der Waals surface area contributed by atoms with E-state index < -0.39 is 0 Å². The van der Waals surface area contributed by atoms with E-state index in [-0.39, 0.29) is 32.7 Å². The van der Waals surface area contributed by atoms with Crippen molar-refractivity contribution in [1.82, 2.24) is 0 Å². The van der Waals surface area contributed by atoms with Crippen LogP contribution in [-0.2, 0) is 32.7 Å². The van der Waals surface area contributed by atoms with Gasteiger partial charge in [-0.3, -0.25) is 0 Å². The van der Waals surface area contributed by atoms with Crippen LogP contribution in [0.25, 0.3) is 0 Å². The molecule has 55 valence electrons. The fourth-order valence-electron chi connectivity index (χ4n) is 0.534. The molecule has 0 aliphatic heterocycles. The maximum atomic E-state index is 5.96. The van der Waals surface area contributed by atoms with Gasteiger partial charge in [0.2, 0.25) is 0 Å². The first-order valence-electron chi connectivity index (χ1n) is 3.16. The number of rotatable bonds is 0. The summed E-state index contributed by atoms with van der Waals surface area (Å²) in [5.74, 6) is 2.00. The number of benzene rings is 1. The molecule has 0 heterocycles. The van der Waals surface area contributed by atoms with Gasteiger partial charge in [0.05, 0.1) is 0 Å². The average Bonchev–Trinajstić information content (AvgIpc) is 1.91. The van der Waals surface area contributed by atoms with Gasteiger partial charge in [0, 0.05) is 32.7 Å². The van der Waals surface area contributed by atoms with E-state index in [1.165, 1.54) is 5.56 Å². The van der Waals surface area contributed by atoms with Gasteiger partial charge in [-0.25, -0.2) is 0 Å². The molecule has 0 bridgehead atoms. The van der Waals surface area contributed by atoms with Crippen LogP contribution in [0.4, 0.5) is 0 Å². The Balaban J connectivity index is 0. The predicted molar refractivity (Wildman–Crippen MR) is 44.0 cm³/mol. The fourth-order valence-corrected chi connectivity index (χ4v) is 0.534. The van der Waals surface area contributed by atoms with Gasteiger partial charge in [0.25, 0.3) is 0 Å². The summed E-state index contributed by atoms with van der Waals surface area (Å²) >= 11 is 0. The van der Waals surface area contributed by atoms with Gasteiger partial charge in [-0.2, -0.15) is 0 Å². The van der Waals surface area contributed by atoms with Crippen molar-refractivity contribution in [2.45, 2.75) is 13.8 Å². The molecule has 0 amide bonds. The molecule has 1 rings (SSSR count). The second kappa shape index (κ2) is 9.88. The van der Waals surface area contributed by atoms with Gasteiger partial charge in [0.1, 0.15) is 0 Å². The first-order chi connectivity index (χ1) is 4.81. The smallest absolute Gasteiger partial charge is 0 e. The summed E-state index contributed by atoms with van der Waals surface area (Å²) in [7, 11) is 0. The summed E-state index contributed by atoms with van der Waals surface area (Å²) in [6, 6.07) is 10.3. The fraction of sp³-hybridized carbons (Fsp3) is 0.200. The molecule has 0 aliphatic rings. The van der Waals surface area contributed by atoms with E-state index in [0.717, 1.165) is 0 Å². The molecular formula is C10H11Y-. The molecule has 0 saturated heterocycles. The number of aryl methyl sites for hydroxylation is 1. The molecule has 0 aliphatic carbocycles. The molecule has 1 aromatic carbocycles. The van der Waals surface area contributed by atoms with E-state index in [1.807, 2.05) is 24.1 Å². The topological polar surface area (TPSA) is 0 Å². The molecule has 0 atom stereocenters. The Morgan fingerprint density at radius 3 is 1.73 bits per heavy atom. The Morgan fingerprint density at radius 2 is 1.55 bits per heavy atom. The first-order valence-corrected chi connectivity index (χ1v) is 3.16. The van der Waals surface area contributed by atoms with Gasteiger partial charge in [0.15, 0.2) is 0 Å². The largest absolute Gasteiger partial charge is 0.694 e. The second-order valence-corrected chi connectivity index (χ2v) is 1.90. The molecule has 0 fully saturated rings. The van der Waals surface area contributed by atoms with E-state index in [9.17, 15) is 0 Å². The zero-order valence-electron chi connectivity index (χ0n) is 6.96. The molecule has 0 N–H and O–H groups in total. The number of hydrogen-bond acceptors (Lipinski definition) is 0. The van der Waals surface area contributed by atoms with Crippen LogP contribution in [-0.4, -0.2) is 0 Å². The van der Waals surface area contributed by atoms with Crippen LogP contribution in [0.1, 0.15) is 12.5 Å². The van der Waals surface area contributed by atoms with Gasteiger partial charge in [-0.05, 0) is 13.8 Å². The zero-order chi connectivity index (χ0) is 7.82. The zero-order valence-corrected chi connectivity index (χ0v) is 9.80. The van der Waals surface area contributed by atoms with E-state index in [0.29, 0.717) is 0 Å². The average molecular weight is 220 g/mol. The predicted octanol–water partition coefficient (Wildman–Crippen LogP) is 2.59. The minimum Gasteiger partial charge on any atom is -0.694 e. The molecule has 1 heteroatoms. The van der Waals surface area contributed by atoms with Crippen molar-refractivity contribution >= 4 is 0 Å². The molecule has 11 heavy (non-hydrogen) atoms. The second-order valence-electron chi connectivity index (χ2n) is 1.90. The Bertz CT molecular complexity index is 196. The first kappa shape index (κ1) is 13.5. The Kier molecular flexibility index (Phi) is 12.1. The molecule has 1 radical (unpaired) electrons. The van der Waals surface area contributed by atoms with Gasteiger partial charge in [-0.15, -0.1) is 0 Å². The maximum Gasteiger partial charge on any atom is 0 e. The van der Waals surface area contributed by atoms with Crippen molar-refractivity contribution in [3.8, 4) is 5.92 Å². The monoisotopic (exact) mass is 220 g/mol. The summed E-state index contributed by atoms with van der Waals surface area (Å²) in [6.45, 7) is 3.62. The van der Waals surface area contributed by atoms with Crippen LogP contribution in [0.3, 0.4) is 0 Å². The standard InChI is InChI=1S/C7H8.C3H3.Y/c1-7-5-3-2-4-6-7;1-3-2;/h2-6H,1H3;1H3;/q;-1;. The van der Waals surface area contributed by atoms with Crippen LogP contribution >= 0.6 is 0 Å². The quantitative estimate of drug-likeness (QED) is 0.465. The summed E-state index contributed by atoms with van der Waals surface area (Å²) in [5.41, 5.74) is 1.32. The van der Waals surface area contributed by atoms with Crippen LogP contribution < -0.4 is 0 Å². The van der Waals surface area contributed by atoms with Crippen molar-refractivity contribution in [3.05, 3.63) is 42.3 Å². The van der Waals surface area contributed by atoms with Gasteiger partial charge < -0.3 is 12.3 Å². The number of hydrogen-bond donors (Lipinski definition) is 0. The van der Waals surface area contributed by atoms with Crippen LogP contribution in [0.5, 0.6) is 0 Å². The Morgan fingerprint density at radius 1 is 1.18 bits per heavy atom. The maximum absolute atomic E-state index is 5.96. The molecule has 1 aromatic rings. The molecule has 0 saturated carbocycles. The molecule has 0 nitrogen and oxygen atoms in total. The van der Waals surface area contributed by atoms with Crippen molar-refractivity contribution in [1.29, 1.82) is 0 Å². The molecule has 0 aromatic heterocycles. The summed E-state index contributed by atoms with van der Waals surface area (Å²) in [5, 5.41) is 0.